The Hall–Kier alpha value is -1.53. The van der Waals surface area contributed by atoms with Crippen molar-refractivity contribution in [3.63, 3.8) is 0 Å². The number of aliphatic hydroxyl groups is 1. The summed E-state index contributed by atoms with van der Waals surface area (Å²) < 4.78 is 39.0. The summed E-state index contributed by atoms with van der Waals surface area (Å²) in [5, 5.41) is 10.2. The van der Waals surface area contributed by atoms with Crippen molar-refractivity contribution in [3.05, 3.63) is 63.6 Å². The lowest BCUT2D eigenvalue weighted by atomic mass is 9.98. The van der Waals surface area contributed by atoms with E-state index in [2.05, 4.69) is 15.9 Å². The van der Waals surface area contributed by atoms with E-state index in [1.54, 1.807) is 18.2 Å². The minimum absolute atomic E-state index is 0.0878. The number of nitrogens with two attached hydrogens (primary N) is 1. The molecule has 2 aromatic carbocycles. The first-order chi connectivity index (χ1) is 9.77. The van der Waals surface area contributed by atoms with Crippen molar-refractivity contribution >= 4 is 21.6 Å². The zero-order valence-corrected chi connectivity index (χ0v) is 12.4. The van der Waals surface area contributed by atoms with Crippen molar-refractivity contribution in [2.75, 3.05) is 5.73 Å². The van der Waals surface area contributed by atoms with E-state index in [-0.39, 0.29) is 17.7 Å². The average molecular weight is 360 g/mol. The number of aliphatic hydroxyl groups excluding tert-OH is 1. The van der Waals surface area contributed by atoms with Gasteiger partial charge in [-0.05, 0) is 35.9 Å². The molecule has 1 atom stereocenters. The standard InChI is InChI=1S/C15H13BrF3NO/c16-11-3-1-2-9(6-11)7-14(21)12-8-10(15(17,18)19)4-5-13(12)20/h1-6,8,14,21H,7,20H2. The van der Waals surface area contributed by atoms with Crippen LogP contribution < -0.4 is 5.73 Å². The maximum Gasteiger partial charge on any atom is 0.416 e. The van der Waals surface area contributed by atoms with Crippen molar-refractivity contribution in [1.82, 2.24) is 0 Å². The summed E-state index contributed by atoms with van der Waals surface area (Å²) in [7, 11) is 0. The molecule has 2 nitrogen and oxygen atoms in total. The third-order valence-electron chi connectivity index (χ3n) is 3.09. The molecule has 0 fully saturated rings. The third-order valence-corrected chi connectivity index (χ3v) is 3.58. The lowest BCUT2D eigenvalue weighted by Gasteiger charge is -2.16. The van der Waals surface area contributed by atoms with Gasteiger partial charge < -0.3 is 10.8 Å². The van der Waals surface area contributed by atoms with Gasteiger partial charge in [-0.15, -0.1) is 0 Å². The molecule has 0 aromatic heterocycles. The predicted molar refractivity (Wildman–Crippen MR) is 78.7 cm³/mol. The van der Waals surface area contributed by atoms with Crippen molar-refractivity contribution in [1.29, 1.82) is 0 Å². The van der Waals surface area contributed by atoms with Gasteiger partial charge in [-0.3, -0.25) is 0 Å². The van der Waals surface area contributed by atoms with E-state index in [1.165, 1.54) is 6.07 Å². The molecule has 0 aliphatic rings. The second kappa shape index (κ2) is 6.07. The van der Waals surface area contributed by atoms with Gasteiger partial charge in [0.25, 0.3) is 0 Å². The number of anilines is 1. The Labute approximate surface area is 128 Å². The summed E-state index contributed by atoms with van der Waals surface area (Å²) in [5.74, 6) is 0. The smallest absolute Gasteiger partial charge is 0.398 e. The first-order valence-corrected chi connectivity index (χ1v) is 6.96. The van der Waals surface area contributed by atoms with E-state index in [0.29, 0.717) is 0 Å². The number of hydrogen-bond donors (Lipinski definition) is 2. The van der Waals surface area contributed by atoms with Crippen molar-refractivity contribution in [2.24, 2.45) is 0 Å². The molecule has 2 aromatic rings. The quantitative estimate of drug-likeness (QED) is 0.801. The molecule has 6 heteroatoms. The van der Waals surface area contributed by atoms with Crippen molar-refractivity contribution in [3.8, 4) is 0 Å². The normalized spacial score (nSPS) is 13.2. The van der Waals surface area contributed by atoms with Crippen LogP contribution in [0, 0.1) is 0 Å². The second-order valence-electron chi connectivity index (χ2n) is 4.69. The van der Waals surface area contributed by atoms with Gasteiger partial charge in [0, 0.05) is 22.1 Å². The Balaban J connectivity index is 2.28. The monoisotopic (exact) mass is 359 g/mol. The van der Waals surface area contributed by atoms with Crippen LogP contribution in [0.3, 0.4) is 0 Å². The highest BCUT2D eigenvalue weighted by molar-refractivity contribution is 9.10. The van der Waals surface area contributed by atoms with Gasteiger partial charge in [0.1, 0.15) is 0 Å². The fourth-order valence-electron chi connectivity index (χ4n) is 2.04. The molecule has 0 aliphatic carbocycles. The Morgan fingerprint density at radius 2 is 1.86 bits per heavy atom. The predicted octanol–water partition coefficient (Wildman–Crippen LogP) is 4.33. The van der Waals surface area contributed by atoms with Crippen LogP contribution in [-0.4, -0.2) is 5.11 Å². The molecule has 112 valence electrons. The van der Waals surface area contributed by atoms with Gasteiger partial charge in [-0.25, -0.2) is 0 Å². The molecular formula is C15H13BrF3NO. The Bertz CT molecular complexity index is 643. The third kappa shape index (κ3) is 3.98. The summed E-state index contributed by atoms with van der Waals surface area (Å²) in [6.07, 6.45) is -5.37. The lowest BCUT2D eigenvalue weighted by Crippen LogP contribution is -2.10. The molecule has 0 amide bonds. The largest absolute Gasteiger partial charge is 0.416 e. The molecule has 21 heavy (non-hydrogen) atoms. The van der Waals surface area contributed by atoms with Crippen LogP contribution in [0.4, 0.5) is 18.9 Å². The van der Waals surface area contributed by atoms with Crippen LogP contribution in [0.25, 0.3) is 0 Å². The summed E-state index contributed by atoms with van der Waals surface area (Å²) >= 11 is 3.31. The molecule has 1 unspecified atom stereocenters. The highest BCUT2D eigenvalue weighted by Crippen LogP contribution is 2.34. The molecular weight excluding hydrogens is 347 g/mol. The summed E-state index contributed by atoms with van der Waals surface area (Å²) in [6, 6.07) is 10.2. The summed E-state index contributed by atoms with van der Waals surface area (Å²) in [5.41, 5.74) is 5.89. The van der Waals surface area contributed by atoms with Gasteiger partial charge in [-0.2, -0.15) is 13.2 Å². The molecule has 0 spiro atoms. The fraction of sp³-hybridized carbons (Fsp3) is 0.200. The molecule has 0 heterocycles. The molecule has 2 rings (SSSR count). The van der Waals surface area contributed by atoms with Crippen LogP contribution in [-0.2, 0) is 12.6 Å². The molecule has 0 bridgehead atoms. The van der Waals surface area contributed by atoms with E-state index in [1.807, 2.05) is 6.07 Å². The molecule has 0 saturated heterocycles. The maximum absolute atomic E-state index is 12.7. The Kier molecular flexibility index (Phi) is 4.58. The lowest BCUT2D eigenvalue weighted by molar-refractivity contribution is -0.137. The first-order valence-electron chi connectivity index (χ1n) is 6.16. The van der Waals surface area contributed by atoms with Gasteiger partial charge in [0.05, 0.1) is 11.7 Å². The van der Waals surface area contributed by atoms with E-state index >= 15 is 0 Å². The Morgan fingerprint density at radius 3 is 2.48 bits per heavy atom. The Morgan fingerprint density at radius 1 is 1.14 bits per heavy atom. The average Bonchev–Trinajstić information content (AvgIpc) is 2.37. The number of nitrogen functional groups attached to an aromatic ring is 1. The first kappa shape index (κ1) is 15.9. The van der Waals surface area contributed by atoms with Gasteiger partial charge >= 0.3 is 6.18 Å². The molecule has 0 radical (unpaired) electrons. The van der Waals surface area contributed by atoms with Crippen LogP contribution in [0.2, 0.25) is 0 Å². The van der Waals surface area contributed by atoms with Crippen molar-refractivity contribution in [2.45, 2.75) is 18.7 Å². The molecule has 3 N–H and O–H groups in total. The number of rotatable bonds is 3. The topological polar surface area (TPSA) is 46.2 Å². The van der Waals surface area contributed by atoms with Gasteiger partial charge in [0.15, 0.2) is 0 Å². The number of benzene rings is 2. The summed E-state index contributed by atoms with van der Waals surface area (Å²) in [6.45, 7) is 0. The zero-order valence-electron chi connectivity index (χ0n) is 10.9. The van der Waals surface area contributed by atoms with Gasteiger partial charge in [0.2, 0.25) is 0 Å². The maximum atomic E-state index is 12.7. The number of halogens is 4. The number of hydrogen-bond acceptors (Lipinski definition) is 2. The highest BCUT2D eigenvalue weighted by Gasteiger charge is 2.31. The van der Waals surface area contributed by atoms with Gasteiger partial charge in [-0.1, -0.05) is 28.1 Å². The second-order valence-corrected chi connectivity index (χ2v) is 5.61. The van der Waals surface area contributed by atoms with Crippen molar-refractivity contribution < 1.29 is 18.3 Å². The highest BCUT2D eigenvalue weighted by atomic mass is 79.9. The van der Waals surface area contributed by atoms with E-state index < -0.39 is 17.8 Å². The molecule has 0 saturated carbocycles. The number of alkyl halides is 3. The van der Waals surface area contributed by atoms with E-state index in [0.717, 1.165) is 22.2 Å². The molecule has 0 aliphatic heterocycles. The minimum atomic E-state index is -4.46. The van der Waals surface area contributed by atoms with E-state index in [4.69, 9.17) is 5.73 Å². The fourth-order valence-corrected chi connectivity index (χ4v) is 2.48. The van der Waals surface area contributed by atoms with Crippen LogP contribution in [0.5, 0.6) is 0 Å². The zero-order chi connectivity index (χ0) is 15.6. The van der Waals surface area contributed by atoms with E-state index in [9.17, 15) is 18.3 Å². The van der Waals surface area contributed by atoms with Crippen LogP contribution >= 0.6 is 15.9 Å². The minimum Gasteiger partial charge on any atom is -0.398 e. The van der Waals surface area contributed by atoms with Crippen LogP contribution in [0.1, 0.15) is 22.8 Å². The SMILES string of the molecule is Nc1ccc(C(F)(F)F)cc1C(O)Cc1cccc(Br)c1. The summed E-state index contributed by atoms with van der Waals surface area (Å²) in [4.78, 5) is 0. The van der Waals surface area contributed by atoms with Crippen LogP contribution in [0.15, 0.2) is 46.9 Å².